The van der Waals surface area contributed by atoms with Gasteiger partial charge in [0.05, 0.1) is 12.7 Å². The van der Waals surface area contributed by atoms with Gasteiger partial charge >= 0.3 is 0 Å². The predicted molar refractivity (Wildman–Crippen MR) is 87.5 cm³/mol. The van der Waals surface area contributed by atoms with Gasteiger partial charge in [0.1, 0.15) is 5.75 Å². The molecule has 1 unspecified atom stereocenters. The lowest BCUT2D eigenvalue weighted by atomic mass is 10.1. The summed E-state index contributed by atoms with van der Waals surface area (Å²) in [6, 6.07) is 13.2. The summed E-state index contributed by atoms with van der Waals surface area (Å²) in [5.74, 6) is 0.818. The summed E-state index contributed by atoms with van der Waals surface area (Å²) in [7, 11) is 0. The van der Waals surface area contributed by atoms with E-state index < -0.39 is 6.10 Å². The zero-order valence-electron chi connectivity index (χ0n) is 11.9. The van der Waals surface area contributed by atoms with Crippen LogP contribution in [0.2, 0.25) is 10.0 Å². The second-order valence-electron chi connectivity index (χ2n) is 5.01. The van der Waals surface area contributed by atoms with Crippen LogP contribution in [0.15, 0.2) is 42.5 Å². The number of aliphatic hydroxyl groups is 1. The molecule has 0 aromatic heterocycles. The van der Waals surface area contributed by atoms with Crippen molar-refractivity contribution in [3.8, 4) is 5.75 Å². The Morgan fingerprint density at radius 3 is 2.43 bits per heavy atom. The highest BCUT2D eigenvalue weighted by Crippen LogP contribution is 2.26. The molecule has 0 saturated carbocycles. The Hall–Kier alpha value is -1.22. The Kier molecular flexibility index (Phi) is 5.92. The summed E-state index contributed by atoms with van der Waals surface area (Å²) in [6.45, 7) is 2.47. The SMILES string of the molecule is Cc1cccc(OCCC(O)Cc2c(Cl)cccc2Cl)c1. The first kappa shape index (κ1) is 16.2. The summed E-state index contributed by atoms with van der Waals surface area (Å²) in [4.78, 5) is 0. The average Bonchev–Trinajstić information content (AvgIpc) is 2.43. The molecule has 0 aliphatic carbocycles. The van der Waals surface area contributed by atoms with Crippen molar-refractivity contribution < 1.29 is 9.84 Å². The van der Waals surface area contributed by atoms with Gasteiger partial charge in [0.2, 0.25) is 0 Å². The van der Waals surface area contributed by atoms with E-state index >= 15 is 0 Å². The molecule has 0 aliphatic rings. The van der Waals surface area contributed by atoms with Gasteiger partial charge in [0, 0.05) is 22.9 Å². The fourth-order valence-corrected chi connectivity index (χ4v) is 2.63. The minimum absolute atomic E-state index is 0.426. The molecule has 0 saturated heterocycles. The fourth-order valence-electron chi connectivity index (χ4n) is 2.08. The van der Waals surface area contributed by atoms with Crippen LogP contribution in [0.25, 0.3) is 0 Å². The third kappa shape index (κ3) is 4.92. The zero-order chi connectivity index (χ0) is 15.2. The van der Waals surface area contributed by atoms with Gasteiger partial charge in [0.15, 0.2) is 0 Å². The molecular formula is C17H18Cl2O2. The van der Waals surface area contributed by atoms with Gasteiger partial charge in [-0.15, -0.1) is 0 Å². The summed E-state index contributed by atoms with van der Waals surface area (Å²) >= 11 is 12.2. The van der Waals surface area contributed by atoms with E-state index in [4.69, 9.17) is 27.9 Å². The second kappa shape index (κ2) is 7.69. The van der Waals surface area contributed by atoms with E-state index in [0.717, 1.165) is 16.9 Å². The van der Waals surface area contributed by atoms with Crippen LogP contribution in [0.3, 0.4) is 0 Å². The van der Waals surface area contributed by atoms with Crippen LogP contribution in [-0.2, 0) is 6.42 Å². The molecule has 0 bridgehead atoms. The fraction of sp³-hybridized carbons (Fsp3) is 0.294. The van der Waals surface area contributed by atoms with Gasteiger partial charge in [0.25, 0.3) is 0 Å². The van der Waals surface area contributed by atoms with Crippen molar-refractivity contribution in [1.82, 2.24) is 0 Å². The van der Waals surface area contributed by atoms with Gasteiger partial charge in [-0.05, 0) is 42.3 Å². The van der Waals surface area contributed by atoms with Crippen molar-refractivity contribution in [3.63, 3.8) is 0 Å². The summed E-state index contributed by atoms with van der Waals surface area (Å²) in [5.41, 5.74) is 1.93. The lowest BCUT2D eigenvalue weighted by Gasteiger charge is -2.14. The molecule has 2 rings (SSSR count). The monoisotopic (exact) mass is 324 g/mol. The van der Waals surface area contributed by atoms with E-state index in [9.17, 15) is 5.11 Å². The Labute approximate surface area is 135 Å². The van der Waals surface area contributed by atoms with Crippen LogP contribution in [0.5, 0.6) is 5.75 Å². The Morgan fingerprint density at radius 1 is 1.10 bits per heavy atom. The molecule has 2 aromatic rings. The maximum atomic E-state index is 10.1. The van der Waals surface area contributed by atoms with E-state index in [1.165, 1.54) is 0 Å². The maximum absolute atomic E-state index is 10.1. The molecule has 4 heteroatoms. The molecule has 0 heterocycles. The van der Waals surface area contributed by atoms with Crippen molar-refractivity contribution in [2.75, 3.05) is 6.61 Å². The number of aryl methyl sites for hydroxylation is 1. The third-order valence-electron chi connectivity index (χ3n) is 3.21. The summed E-state index contributed by atoms with van der Waals surface area (Å²) in [5, 5.41) is 11.3. The standard InChI is InChI=1S/C17H18Cl2O2/c1-12-4-2-5-14(10-12)21-9-8-13(20)11-15-16(18)6-3-7-17(15)19/h2-7,10,13,20H,8-9,11H2,1H3. The molecule has 112 valence electrons. The van der Waals surface area contributed by atoms with Crippen molar-refractivity contribution in [2.24, 2.45) is 0 Å². The van der Waals surface area contributed by atoms with Crippen LogP contribution in [-0.4, -0.2) is 17.8 Å². The topological polar surface area (TPSA) is 29.5 Å². The number of halogens is 2. The Morgan fingerprint density at radius 2 is 1.76 bits per heavy atom. The van der Waals surface area contributed by atoms with Gasteiger partial charge in [-0.2, -0.15) is 0 Å². The number of rotatable bonds is 6. The van der Waals surface area contributed by atoms with Gasteiger partial charge in [-0.1, -0.05) is 41.4 Å². The van der Waals surface area contributed by atoms with Gasteiger partial charge < -0.3 is 9.84 Å². The number of ether oxygens (including phenoxy) is 1. The summed E-state index contributed by atoms with van der Waals surface area (Å²) in [6.07, 6.45) is 0.415. The first-order valence-corrected chi connectivity index (χ1v) is 7.62. The smallest absolute Gasteiger partial charge is 0.119 e. The molecule has 0 amide bonds. The molecule has 21 heavy (non-hydrogen) atoms. The van der Waals surface area contributed by atoms with Crippen molar-refractivity contribution in [1.29, 1.82) is 0 Å². The minimum atomic E-state index is -0.535. The first-order valence-electron chi connectivity index (χ1n) is 6.86. The number of aliphatic hydroxyl groups excluding tert-OH is 1. The number of hydrogen-bond acceptors (Lipinski definition) is 2. The predicted octanol–water partition coefficient (Wildman–Crippen LogP) is 4.67. The molecule has 2 nitrogen and oxygen atoms in total. The largest absolute Gasteiger partial charge is 0.493 e. The molecule has 2 aromatic carbocycles. The molecule has 0 radical (unpaired) electrons. The number of hydrogen-bond donors (Lipinski definition) is 1. The molecule has 0 fully saturated rings. The highest BCUT2D eigenvalue weighted by Gasteiger charge is 2.12. The van der Waals surface area contributed by atoms with Crippen molar-refractivity contribution in [2.45, 2.75) is 25.9 Å². The van der Waals surface area contributed by atoms with E-state index in [1.54, 1.807) is 18.2 Å². The van der Waals surface area contributed by atoms with E-state index in [1.807, 2.05) is 31.2 Å². The Bertz CT molecular complexity index is 579. The third-order valence-corrected chi connectivity index (χ3v) is 3.92. The normalized spacial score (nSPS) is 12.2. The first-order chi connectivity index (χ1) is 10.1. The van der Waals surface area contributed by atoms with Crippen LogP contribution in [0.1, 0.15) is 17.5 Å². The highest BCUT2D eigenvalue weighted by atomic mass is 35.5. The average molecular weight is 325 g/mol. The Balaban J connectivity index is 1.84. The van der Waals surface area contributed by atoms with Gasteiger partial charge in [-0.25, -0.2) is 0 Å². The maximum Gasteiger partial charge on any atom is 0.119 e. The highest BCUT2D eigenvalue weighted by molar-refractivity contribution is 6.35. The number of benzene rings is 2. The van der Waals surface area contributed by atoms with Crippen LogP contribution in [0.4, 0.5) is 0 Å². The van der Waals surface area contributed by atoms with Crippen LogP contribution < -0.4 is 4.74 Å². The van der Waals surface area contributed by atoms with Crippen molar-refractivity contribution >= 4 is 23.2 Å². The van der Waals surface area contributed by atoms with E-state index in [0.29, 0.717) is 29.5 Å². The second-order valence-corrected chi connectivity index (χ2v) is 5.83. The van der Waals surface area contributed by atoms with Gasteiger partial charge in [-0.3, -0.25) is 0 Å². The van der Waals surface area contributed by atoms with Crippen molar-refractivity contribution in [3.05, 3.63) is 63.6 Å². The molecule has 0 aliphatic heterocycles. The quantitative estimate of drug-likeness (QED) is 0.836. The lowest BCUT2D eigenvalue weighted by Crippen LogP contribution is -2.15. The lowest BCUT2D eigenvalue weighted by molar-refractivity contribution is 0.139. The molecule has 0 spiro atoms. The van der Waals surface area contributed by atoms with E-state index in [-0.39, 0.29) is 0 Å². The van der Waals surface area contributed by atoms with E-state index in [2.05, 4.69) is 0 Å². The zero-order valence-corrected chi connectivity index (χ0v) is 13.4. The molecular weight excluding hydrogens is 307 g/mol. The molecule has 1 N–H and O–H groups in total. The minimum Gasteiger partial charge on any atom is -0.493 e. The molecule has 1 atom stereocenters. The summed E-state index contributed by atoms with van der Waals surface area (Å²) < 4.78 is 5.63. The van der Waals surface area contributed by atoms with Crippen LogP contribution >= 0.6 is 23.2 Å². The van der Waals surface area contributed by atoms with Crippen LogP contribution in [0, 0.1) is 6.92 Å².